The van der Waals surface area contributed by atoms with Crippen LogP contribution >= 0.6 is 0 Å². The van der Waals surface area contributed by atoms with Crippen molar-refractivity contribution in [3.05, 3.63) is 29.3 Å². The normalized spacial score (nSPS) is 13.8. The Kier molecular flexibility index (Phi) is 4.23. The summed E-state index contributed by atoms with van der Waals surface area (Å²) in [5, 5.41) is 3.30. The van der Waals surface area contributed by atoms with E-state index in [0.29, 0.717) is 0 Å². The molecule has 1 aromatic carbocycles. The Balaban J connectivity index is 1.77. The summed E-state index contributed by atoms with van der Waals surface area (Å²) in [6, 6.07) is 6.55. The van der Waals surface area contributed by atoms with E-state index in [1.165, 1.54) is 30.4 Å². The van der Waals surface area contributed by atoms with E-state index in [2.05, 4.69) is 30.4 Å². The lowest BCUT2D eigenvalue weighted by Gasteiger charge is -2.08. The highest BCUT2D eigenvalue weighted by Crippen LogP contribution is 2.25. The summed E-state index contributed by atoms with van der Waals surface area (Å²) in [5.74, 6) is 1.04. The summed E-state index contributed by atoms with van der Waals surface area (Å²) in [7, 11) is 0. The first kappa shape index (κ1) is 11.5. The van der Waals surface area contributed by atoms with Crippen molar-refractivity contribution in [2.24, 2.45) is 0 Å². The van der Waals surface area contributed by atoms with Crippen molar-refractivity contribution in [1.29, 1.82) is 0 Å². The SMILES string of the molecule is CCNCCCOc1ccc2c(c1)CCC2. The summed E-state index contributed by atoms with van der Waals surface area (Å²) in [6.07, 6.45) is 4.85. The van der Waals surface area contributed by atoms with Gasteiger partial charge in [-0.1, -0.05) is 13.0 Å². The van der Waals surface area contributed by atoms with Gasteiger partial charge in [0.05, 0.1) is 6.61 Å². The highest BCUT2D eigenvalue weighted by molar-refractivity contribution is 5.38. The maximum absolute atomic E-state index is 5.74. The number of fused-ring (bicyclic) bond motifs is 1. The smallest absolute Gasteiger partial charge is 0.119 e. The zero-order chi connectivity index (χ0) is 11.2. The lowest BCUT2D eigenvalue weighted by Crippen LogP contribution is -2.16. The van der Waals surface area contributed by atoms with Crippen molar-refractivity contribution in [2.75, 3.05) is 19.7 Å². The Bertz CT molecular complexity index is 336. The molecule has 1 aliphatic rings. The lowest BCUT2D eigenvalue weighted by atomic mass is 10.1. The first-order valence-corrected chi connectivity index (χ1v) is 6.35. The van der Waals surface area contributed by atoms with Gasteiger partial charge in [0, 0.05) is 0 Å². The fourth-order valence-corrected chi connectivity index (χ4v) is 2.20. The molecule has 0 aliphatic heterocycles. The van der Waals surface area contributed by atoms with Gasteiger partial charge in [-0.25, -0.2) is 0 Å². The van der Waals surface area contributed by atoms with E-state index in [1.807, 2.05) is 0 Å². The van der Waals surface area contributed by atoms with Crippen molar-refractivity contribution >= 4 is 0 Å². The lowest BCUT2D eigenvalue weighted by molar-refractivity contribution is 0.308. The average molecular weight is 219 g/mol. The number of nitrogens with one attached hydrogen (secondary N) is 1. The number of aryl methyl sites for hydroxylation is 2. The molecule has 0 amide bonds. The van der Waals surface area contributed by atoms with E-state index < -0.39 is 0 Å². The predicted molar refractivity (Wildman–Crippen MR) is 67.1 cm³/mol. The summed E-state index contributed by atoms with van der Waals surface area (Å²) < 4.78 is 5.74. The monoisotopic (exact) mass is 219 g/mol. The van der Waals surface area contributed by atoms with Gasteiger partial charge in [0.15, 0.2) is 0 Å². The van der Waals surface area contributed by atoms with E-state index in [1.54, 1.807) is 0 Å². The van der Waals surface area contributed by atoms with Crippen molar-refractivity contribution in [2.45, 2.75) is 32.6 Å². The Morgan fingerprint density at radius 1 is 1.25 bits per heavy atom. The molecule has 0 spiro atoms. The second-order valence-electron chi connectivity index (χ2n) is 4.34. The predicted octanol–water partition coefficient (Wildman–Crippen LogP) is 2.55. The van der Waals surface area contributed by atoms with Gasteiger partial charge in [0.1, 0.15) is 5.75 Å². The van der Waals surface area contributed by atoms with E-state index in [0.717, 1.165) is 31.9 Å². The molecule has 0 aromatic heterocycles. The van der Waals surface area contributed by atoms with Gasteiger partial charge >= 0.3 is 0 Å². The highest BCUT2D eigenvalue weighted by atomic mass is 16.5. The first-order valence-electron chi connectivity index (χ1n) is 6.35. The number of ether oxygens (including phenoxy) is 1. The Morgan fingerprint density at radius 3 is 3.00 bits per heavy atom. The minimum atomic E-state index is 0.811. The number of benzene rings is 1. The van der Waals surface area contributed by atoms with Crippen molar-refractivity contribution in [1.82, 2.24) is 5.32 Å². The molecule has 0 radical (unpaired) electrons. The fraction of sp³-hybridized carbons (Fsp3) is 0.571. The van der Waals surface area contributed by atoms with E-state index in [-0.39, 0.29) is 0 Å². The molecule has 16 heavy (non-hydrogen) atoms. The highest BCUT2D eigenvalue weighted by Gasteiger charge is 2.10. The zero-order valence-corrected chi connectivity index (χ0v) is 10.1. The molecular formula is C14H21NO. The van der Waals surface area contributed by atoms with Crippen molar-refractivity contribution in [3.8, 4) is 5.75 Å². The second-order valence-corrected chi connectivity index (χ2v) is 4.34. The molecule has 2 rings (SSSR count). The van der Waals surface area contributed by atoms with Crippen LogP contribution in [0.2, 0.25) is 0 Å². The topological polar surface area (TPSA) is 21.3 Å². The molecule has 0 heterocycles. The van der Waals surface area contributed by atoms with E-state index in [9.17, 15) is 0 Å². The summed E-state index contributed by atoms with van der Waals surface area (Å²) in [4.78, 5) is 0. The third kappa shape index (κ3) is 2.99. The summed E-state index contributed by atoms with van der Waals surface area (Å²) in [6.45, 7) is 5.02. The van der Waals surface area contributed by atoms with Gasteiger partial charge in [-0.3, -0.25) is 0 Å². The van der Waals surface area contributed by atoms with E-state index >= 15 is 0 Å². The van der Waals surface area contributed by atoms with Crippen LogP contribution in [0, 0.1) is 0 Å². The number of hydrogen-bond acceptors (Lipinski definition) is 2. The van der Waals surface area contributed by atoms with Crippen LogP contribution in [-0.2, 0) is 12.8 Å². The standard InChI is InChI=1S/C14H21NO/c1-2-15-9-4-10-16-14-8-7-12-5-3-6-13(12)11-14/h7-8,11,15H,2-6,9-10H2,1H3. The maximum atomic E-state index is 5.74. The van der Waals surface area contributed by atoms with Gasteiger partial charge in [-0.05, 0) is 62.0 Å². The van der Waals surface area contributed by atoms with Gasteiger partial charge in [0.2, 0.25) is 0 Å². The third-order valence-corrected chi connectivity index (χ3v) is 3.09. The molecule has 0 bridgehead atoms. The van der Waals surface area contributed by atoms with Crippen LogP contribution in [0.25, 0.3) is 0 Å². The number of hydrogen-bond donors (Lipinski definition) is 1. The van der Waals surface area contributed by atoms with Crippen molar-refractivity contribution in [3.63, 3.8) is 0 Å². The Labute approximate surface area is 98.0 Å². The average Bonchev–Trinajstić information content (AvgIpc) is 2.76. The van der Waals surface area contributed by atoms with Crippen LogP contribution in [0.5, 0.6) is 5.75 Å². The van der Waals surface area contributed by atoms with E-state index in [4.69, 9.17) is 4.74 Å². The van der Waals surface area contributed by atoms with Gasteiger partial charge in [-0.2, -0.15) is 0 Å². The zero-order valence-electron chi connectivity index (χ0n) is 10.1. The summed E-state index contributed by atoms with van der Waals surface area (Å²) >= 11 is 0. The van der Waals surface area contributed by atoms with Crippen LogP contribution in [0.3, 0.4) is 0 Å². The molecule has 0 atom stereocenters. The molecule has 2 nitrogen and oxygen atoms in total. The summed E-state index contributed by atoms with van der Waals surface area (Å²) in [5.41, 5.74) is 3.00. The molecular weight excluding hydrogens is 198 g/mol. The molecule has 2 heteroatoms. The maximum Gasteiger partial charge on any atom is 0.119 e. The molecule has 0 saturated heterocycles. The Morgan fingerprint density at radius 2 is 2.12 bits per heavy atom. The largest absolute Gasteiger partial charge is 0.494 e. The number of rotatable bonds is 6. The van der Waals surface area contributed by atoms with Gasteiger partial charge in [0.25, 0.3) is 0 Å². The van der Waals surface area contributed by atoms with Crippen LogP contribution in [0.1, 0.15) is 30.9 Å². The minimum Gasteiger partial charge on any atom is -0.494 e. The second kappa shape index (κ2) is 5.90. The van der Waals surface area contributed by atoms with Crippen LogP contribution < -0.4 is 10.1 Å². The molecule has 0 saturated carbocycles. The molecule has 88 valence electrons. The van der Waals surface area contributed by atoms with Crippen LogP contribution in [-0.4, -0.2) is 19.7 Å². The molecule has 1 N–H and O–H groups in total. The minimum absolute atomic E-state index is 0.811. The third-order valence-electron chi connectivity index (χ3n) is 3.09. The van der Waals surface area contributed by atoms with Crippen LogP contribution in [0.4, 0.5) is 0 Å². The molecule has 1 aromatic rings. The Hall–Kier alpha value is -1.02. The molecule has 0 fully saturated rings. The molecule has 1 aliphatic carbocycles. The van der Waals surface area contributed by atoms with Crippen LogP contribution in [0.15, 0.2) is 18.2 Å². The first-order chi connectivity index (χ1) is 7.90. The van der Waals surface area contributed by atoms with Gasteiger partial charge < -0.3 is 10.1 Å². The quantitative estimate of drug-likeness (QED) is 0.742. The van der Waals surface area contributed by atoms with Crippen molar-refractivity contribution < 1.29 is 4.74 Å². The molecule has 0 unspecified atom stereocenters. The fourth-order valence-electron chi connectivity index (χ4n) is 2.20. The van der Waals surface area contributed by atoms with Gasteiger partial charge in [-0.15, -0.1) is 0 Å².